The summed E-state index contributed by atoms with van der Waals surface area (Å²) in [7, 11) is 0. The number of hydrogen-bond donors (Lipinski definition) is 2. The molecular formula is C16H25N3. The molecule has 2 heterocycles. The van der Waals surface area contributed by atoms with Gasteiger partial charge in [0, 0.05) is 26.2 Å². The van der Waals surface area contributed by atoms with Gasteiger partial charge in [0.2, 0.25) is 0 Å². The van der Waals surface area contributed by atoms with Crippen molar-refractivity contribution in [3.05, 3.63) is 35.9 Å². The average molecular weight is 259 g/mol. The molecule has 104 valence electrons. The molecule has 2 aliphatic heterocycles. The minimum absolute atomic E-state index is 0.548. The standard InChI is InChI=1S/C16H25N3/c1-2-5-14(6-3-1)11-15-7-4-10-19(13-15)16-12-17-8-9-18-16/h1-3,5-6,15-18H,4,7-13H2. The Morgan fingerprint density at radius 2 is 2.05 bits per heavy atom. The molecule has 1 aromatic carbocycles. The van der Waals surface area contributed by atoms with Gasteiger partial charge in [-0.3, -0.25) is 10.2 Å². The molecule has 0 aliphatic carbocycles. The fourth-order valence-electron chi connectivity index (χ4n) is 3.39. The normalized spacial score (nSPS) is 29.3. The molecule has 0 aromatic heterocycles. The highest BCUT2D eigenvalue weighted by atomic mass is 15.3. The topological polar surface area (TPSA) is 27.3 Å². The maximum Gasteiger partial charge on any atom is 0.0726 e. The van der Waals surface area contributed by atoms with Crippen LogP contribution in [0.15, 0.2) is 30.3 Å². The van der Waals surface area contributed by atoms with Crippen molar-refractivity contribution in [3.8, 4) is 0 Å². The summed E-state index contributed by atoms with van der Waals surface area (Å²) in [5.74, 6) is 0.819. The maximum atomic E-state index is 3.64. The van der Waals surface area contributed by atoms with Crippen LogP contribution < -0.4 is 10.6 Å². The molecule has 3 rings (SSSR count). The summed E-state index contributed by atoms with van der Waals surface area (Å²) in [5, 5.41) is 7.13. The van der Waals surface area contributed by atoms with E-state index in [2.05, 4.69) is 45.9 Å². The largest absolute Gasteiger partial charge is 0.313 e. The zero-order valence-electron chi connectivity index (χ0n) is 11.6. The van der Waals surface area contributed by atoms with Crippen molar-refractivity contribution in [2.45, 2.75) is 25.4 Å². The molecule has 0 amide bonds. The van der Waals surface area contributed by atoms with E-state index in [1.165, 1.54) is 37.9 Å². The van der Waals surface area contributed by atoms with Gasteiger partial charge in [0.05, 0.1) is 6.17 Å². The number of hydrogen-bond acceptors (Lipinski definition) is 3. The number of nitrogens with zero attached hydrogens (tertiary/aromatic N) is 1. The van der Waals surface area contributed by atoms with Gasteiger partial charge in [-0.25, -0.2) is 0 Å². The van der Waals surface area contributed by atoms with Crippen LogP contribution in [0, 0.1) is 5.92 Å². The fourth-order valence-corrected chi connectivity index (χ4v) is 3.39. The van der Waals surface area contributed by atoms with Gasteiger partial charge in [-0.1, -0.05) is 30.3 Å². The van der Waals surface area contributed by atoms with E-state index < -0.39 is 0 Å². The van der Waals surface area contributed by atoms with E-state index in [0.29, 0.717) is 6.17 Å². The van der Waals surface area contributed by atoms with Gasteiger partial charge in [-0.15, -0.1) is 0 Å². The van der Waals surface area contributed by atoms with Crippen LogP contribution in [0.3, 0.4) is 0 Å². The SMILES string of the molecule is c1ccc(CC2CCCN(C3CNCCN3)C2)cc1. The van der Waals surface area contributed by atoms with Gasteiger partial charge in [0.1, 0.15) is 0 Å². The van der Waals surface area contributed by atoms with E-state index in [0.717, 1.165) is 25.6 Å². The second kappa shape index (κ2) is 6.51. The van der Waals surface area contributed by atoms with Crippen molar-refractivity contribution in [3.63, 3.8) is 0 Å². The lowest BCUT2D eigenvalue weighted by Gasteiger charge is -2.40. The lowest BCUT2D eigenvalue weighted by molar-refractivity contribution is 0.0924. The van der Waals surface area contributed by atoms with Crippen LogP contribution >= 0.6 is 0 Å². The second-order valence-electron chi connectivity index (χ2n) is 5.87. The fraction of sp³-hybridized carbons (Fsp3) is 0.625. The molecule has 3 nitrogen and oxygen atoms in total. The predicted molar refractivity (Wildman–Crippen MR) is 79.1 cm³/mol. The summed E-state index contributed by atoms with van der Waals surface area (Å²) in [6.45, 7) is 5.80. The number of piperidine rings is 1. The molecule has 2 aliphatic rings. The highest BCUT2D eigenvalue weighted by molar-refractivity contribution is 5.15. The Bertz CT molecular complexity index is 373. The molecule has 2 N–H and O–H groups in total. The van der Waals surface area contributed by atoms with Gasteiger partial charge >= 0.3 is 0 Å². The highest BCUT2D eigenvalue weighted by Gasteiger charge is 2.26. The average Bonchev–Trinajstić information content (AvgIpc) is 2.49. The molecule has 2 unspecified atom stereocenters. The van der Waals surface area contributed by atoms with Crippen molar-refractivity contribution >= 4 is 0 Å². The van der Waals surface area contributed by atoms with E-state index in [9.17, 15) is 0 Å². The molecule has 2 saturated heterocycles. The molecular weight excluding hydrogens is 234 g/mol. The summed E-state index contributed by atoms with van der Waals surface area (Å²) >= 11 is 0. The summed E-state index contributed by atoms with van der Waals surface area (Å²) in [6, 6.07) is 10.9. The first-order chi connectivity index (χ1) is 9.42. The first-order valence-corrected chi connectivity index (χ1v) is 7.64. The Labute approximate surface area is 116 Å². The van der Waals surface area contributed by atoms with E-state index in [1.807, 2.05) is 0 Å². The number of benzene rings is 1. The summed E-state index contributed by atoms with van der Waals surface area (Å²) in [5.41, 5.74) is 1.49. The van der Waals surface area contributed by atoms with Crippen LogP contribution in [0.5, 0.6) is 0 Å². The Morgan fingerprint density at radius 1 is 1.16 bits per heavy atom. The number of rotatable bonds is 3. The molecule has 0 radical (unpaired) electrons. The van der Waals surface area contributed by atoms with Gasteiger partial charge in [0.25, 0.3) is 0 Å². The van der Waals surface area contributed by atoms with Crippen molar-refractivity contribution in [1.29, 1.82) is 0 Å². The molecule has 2 fully saturated rings. The summed E-state index contributed by atoms with van der Waals surface area (Å²) in [4.78, 5) is 2.64. The van der Waals surface area contributed by atoms with E-state index >= 15 is 0 Å². The van der Waals surface area contributed by atoms with E-state index in [4.69, 9.17) is 0 Å². The number of likely N-dealkylation sites (tertiary alicyclic amines) is 1. The van der Waals surface area contributed by atoms with Crippen LogP contribution in [0.2, 0.25) is 0 Å². The van der Waals surface area contributed by atoms with E-state index in [1.54, 1.807) is 0 Å². The predicted octanol–water partition coefficient (Wildman–Crippen LogP) is 1.46. The third-order valence-electron chi connectivity index (χ3n) is 4.38. The molecule has 2 atom stereocenters. The number of nitrogens with one attached hydrogen (secondary N) is 2. The second-order valence-corrected chi connectivity index (χ2v) is 5.87. The lowest BCUT2D eigenvalue weighted by atomic mass is 9.91. The quantitative estimate of drug-likeness (QED) is 0.860. The van der Waals surface area contributed by atoms with Crippen molar-refractivity contribution in [1.82, 2.24) is 15.5 Å². The first-order valence-electron chi connectivity index (χ1n) is 7.64. The Kier molecular flexibility index (Phi) is 4.49. The monoisotopic (exact) mass is 259 g/mol. The van der Waals surface area contributed by atoms with Crippen LogP contribution in [0.25, 0.3) is 0 Å². The third kappa shape index (κ3) is 3.56. The van der Waals surface area contributed by atoms with Crippen LogP contribution in [-0.4, -0.2) is 43.8 Å². The van der Waals surface area contributed by atoms with Crippen LogP contribution in [0.1, 0.15) is 18.4 Å². The smallest absolute Gasteiger partial charge is 0.0726 e. The van der Waals surface area contributed by atoms with Crippen molar-refractivity contribution in [2.75, 3.05) is 32.7 Å². The molecule has 0 spiro atoms. The van der Waals surface area contributed by atoms with Gasteiger partial charge in [0.15, 0.2) is 0 Å². The molecule has 19 heavy (non-hydrogen) atoms. The summed E-state index contributed by atoms with van der Waals surface area (Å²) in [6.07, 6.45) is 4.51. The first kappa shape index (κ1) is 13.1. The molecule has 3 heteroatoms. The molecule has 1 aromatic rings. The van der Waals surface area contributed by atoms with Crippen LogP contribution in [0.4, 0.5) is 0 Å². The third-order valence-corrected chi connectivity index (χ3v) is 4.38. The summed E-state index contributed by atoms with van der Waals surface area (Å²) < 4.78 is 0. The lowest BCUT2D eigenvalue weighted by Crippen LogP contribution is -2.59. The van der Waals surface area contributed by atoms with Gasteiger partial charge < -0.3 is 5.32 Å². The highest BCUT2D eigenvalue weighted by Crippen LogP contribution is 2.22. The maximum absolute atomic E-state index is 3.64. The zero-order chi connectivity index (χ0) is 12.9. The van der Waals surface area contributed by atoms with Crippen molar-refractivity contribution in [2.24, 2.45) is 5.92 Å². The Hall–Kier alpha value is -0.900. The molecule has 0 bridgehead atoms. The van der Waals surface area contributed by atoms with Gasteiger partial charge in [-0.2, -0.15) is 0 Å². The van der Waals surface area contributed by atoms with Crippen molar-refractivity contribution < 1.29 is 0 Å². The minimum Gasteiger partial charge on any atom is -0.313 e. The zero-order valence-corrected chi connectivity index (χ0v) is 11.6. The van der Waals surface area contributed by atoms with E-state index in [-0.39, 0.29) is 0 Å². The Morgan fingerprint density at radius 3 is 2.84 bits per heavy atom. The Balaban J connectivity index is 1.55. The minimum atomic E-state index is 0.548. The van der Waals surface area contributed by atoms with Gasteiger partial charge in [-0.05, 0) is 37.3 Å². The van der Waals surface area contributed by atoms with Crippen LogP contribution in [-0.2, 0) is 6.42 Å². The number of piperazine rings is 1. The molecule has 0 saturated carbocycles.